The monoisotopic (exact) mass is 324 g/mol. The van der Waals surface area contributed by atoms with E-state index in [2.05, 4.69) is 17.2 Å². The molecule has 1 saturated heterocycles. The Hall–Kier alpha value is -2.05. The van der Waals surface area contributed by atoms with Crippen molar-refractivity contribution in [2.24, 2.45) is 5.92 Å². The summed E-state index contributed by atoms with van der Waals surface area (Å²) in [6, 6.07) is 5.94. The Bertz CT molecular complexity index is 591. The van der Waals surface area contributed by atoms with Crippen LogP contribution >= 0.6 is 11.6 Å². The first-order chi connectivity index (χ1) is 10.5. The van der Waals surface area contributed by atoms with Gasteiger partial charge in [-0.15, -0.1) is 0 Å². The zero-order valence-corrected chi connectivity index (χ0v) is 12.9. The lowest BCUT2D eigenvalue weighted by Gasteiger charge is -2.33. The molecule has 1 fully saturated rings. The molecule has 0 radical (unpaired) electrons. The minimum absolute atomic E-state index is 0.134. The fraction of sp³-hybridized carbons (Fsp3) is 0.333. The van der Waals surface area contributed by atoms with Gasteiger partial charge in [-0.25, -0.2) is 4.79 Å². The normalized spacial score (nSPS) is 21.0. The summed E-state index contributed by atoms with van der Waals surface area (Å²) >= 11 is 5.98. The summed E-state index contributed by atoms with van der Waals surface area (Å²) in [4.78, 5) is 24.0. The van der Waals surface area contributed by atoms with Crippen molar-refractivity contribution in [3.63, 3.8) is 0 Å². The van der Waals surface area contributed by atoms with E-state index < -0.39 is 24.0 Å². The number of hydrogen-bond donors (Lipinski definition) is 2. The summed E-state index contributed by atoms with van der Waals surface area (Å²) in [5.41, 5.74) is 0.994. The highest BCUT2D eigenvalue weighted by atomic mass is 35.5. The molecule has 0 aliphatic carbocycles. The van der Waals surface area contributed by atoms with Gasteiger partial charge in [0.05, 0.1) is 12.6 Å². The van der Waals surface area contributed by atoms with E-state index in [1.807, 2.05) is 0 Å². The number of carbonyl (C=O) groups excluding carboxylic acids is 2. The molecule has 22 heavy (non-hydrogen) atoms. The van der Waals surface area contributed by atoms with Gasteiger partial charge >= 0.3 is 12.0 Å². The van der Waals surface area contributed by atoms with E-state index in [0.717, 1.165) is 0 Å². The van der Waals surface area contributed by atoms with Gasteiger partial charge in [0.1, 0.15) is 12.5 Å². The third kappa shape index (κ3) is 3.78. The maximum absolute atomic E-state index is 12.3. The third-order valence-electron chi connectivity index (χ3n) is 3.26. The molecule has 118 valence electrons. The van der Waals surface area contributed by atoms with Crippen molar-refractivity contribution in [1.82, 2.24) is 10.6 Å². The number of halogens is 1. The van der Waals surface area contributed by atoms with E-state index in [1.165, 1.54) is 7.11 Å². The zero-order chi connectivity index (χ0) is 16.1. The van der Waals surface area contributed by atoms with Crippen molar-refractivity contribution in [3.05, 3.63) is 47.1 Å². The van der Waals surface area contributed by atoms with Gasteiger partial charge in [-0.2, -0.15) is 0 Å². The Morgan fingerprint density at radius 2 is 2.18 bits per heavy atom. The topological polar surface area (TPSA) is 76.7 Å². The molecule has 7 heteroatoms. The molecule has 0 bridgehead atoms. The van der Waals surface area contributed by atoms with Crippen LogP contribution in [0.4, 0.5) is 4.79 Å². The predicted octanol–water partition coefficient (Wildman–Crippen LogP) is 2.01. The van der Waals surface area contributed by atoms with Crippen LogP contribution in [-0.2, 0) is 14.3 Å². The molecule has 2 N–H and O–H groups in total. The van der Waals surface area contributed by atoms with Gasteiger partial charge in [0, 0.05) is 17.8 Å². The summed E-state index contributed by atoms with van der Waals surface area (Å²) in [6.45, 7) is 4.19. The second-order valence-electron chi connectivity index (χ2n) is 4.79. The summed E-state index contributed by atoms with van der Waals surface area (Å²) in [5, 5.41) is 5.73. The second kappa shape index (κ2) is 7.29. The molecular weight excluding hydrogens is 308 g/mol. The Labute approximate surface area is 133 Å². The maximum Gasteiger partial charge on any atom is 0.319 e. The number of urea groups is 1. The van der Waals surface area contributed by atoms with Crippen LogP contribution in [0, 0.1) is 5.92 Å². The molecular formula is C15H17ClN2O4. The van der Waals surface area contributed by atoms with E-state index in [-0.39, 0.29) is 12.3 Å². The molecule has 0 aromatic heterocycles. The number of ether oxygens (including phenoxy) is 2. The summed E-state index contributed by atoms with van der Waals surface area (Å²) in [6.07, 6.45) is 0. The van der Waals surface area contributed by atoms with Crippen LogP contribution in [-0.4, -0.2) is 32.3 Å². The lowest BCUT2D eigenvalue weighted by molar-refractivity contribution is -0.149. The fourth-order valence-electron chi connectivity index (χ4n) is 2.25. The average Bonchev–Trinajstić information content (AvgIpc) is 2.46. The van der Waals surface area contributed by atoms with Crippen LogP contribution in [0.1, 0.15) is 11.6 Å². The number of nitrogens with one attached hydrogen (secondary N) is 2. The lowest BCUT2D eigenvalue weighted by atomic mass is 9.89. The molecule has 2 rings (SSSR count). The van der Waals surface area contributed by atoms with Crippen LogP contribution < -0.4 is 10.6 Å². The van der Waals surface area contributed by atoms with Crippen molar-refractivity contribution in [2.45, 2.75) is 6.04 Å². The first kappa shape index (κ1) is 16.3. The molecule has 0 saturated carbocycles. The minimum atomic E-state index is -0.743. The van der Waals surface area contributed by atoms with Gasteiger partial charge in [-0.1, -0.05) is 30.3 Å². The number of esters is 1. The number of methoxy groups -OCH3 is 1. The quantitative estimate of drug-likeness (QED) is 0.641. The number of benzene rings is 1. The molecule has 0 spiro atoms. The highest BCUT2D eigenvalue weighted by Crippen LogP contribution is 2.31. The molecule has 0 unspecified atom stereocenters. The summed E-state index contributed by atoms with van der Waals surface area (Å²) < 4.78 is 10.0. The van der Waals surface area contributed by atoms with E-state index in [9.17, 15) is 9.59 Å². The van der Waals surface area contributed by atoms with Crippen LogP contribution in [0.2, 0.25) is 5.02 Å². The van der Waals surface area contributed by atoms with Gasteiger partial charge < -0.3 is 20.1 Å². The zero-order valence-electron chi connectivity index (χ0n) is 12.1. The number of amides is 2. The molecule has 1 aliphatic rings. The van der Waals surface area contributed by atoms with Crippen molar-refractivity contribution in [2.75, 3.05) is 20.3 Å². The Morgan fingerprint density at radius 3 is 2.86 bits per heavy atom. The van der Waals surface area contributed by atoms with Crippen LogP contribution in [0.5, 0.6) is 0 Å². The molecule has 1 aliphatic heterocycles. The van der Waals surface area contributed by atoms with Crippen molar-refractivity contribution in [1.29, 1.82) is 0 Å². The van der Waals surface area contributed by atoms with Gasteiger partial charge in [-0.05, 0) is 17.7 Å². The number of rotatable bonds is 5. The first-order valence-corrected chi connectivity index (χ1v) is 7.08. The highest BCUT2D eigenvalue weighted by Gasteiger charge is 2.38. The Kier molecular flexibility index (Phi) is 5.41. The van der Waals surface area contributed by atoms with E-state index in [0.29, 0.717) is 17.2 Å². The number of carbonyl (C=O) groups is 2. The Morgan fingerprint density at radius 1 is 1.41 bits per heavy atom. The SMILES string of the molecule is C=C1NC(=O)N[C@H](c2cccc(Cl)c2)[C@H]1C(=O)OCCOC. The predicted molar refractivity (Wildman–Crippen MR) is 81.3 cm³/mol. The van der Waals surface area contributed by atoms with Crippen LogP contribution in [0.15, 0.2) is 36.5 Å². The minimum Gasteiger partial charge on any atom is -0.463 e. The average molecular weight is 325 g/mol. The summed E-state index contributed by atoms with van der Waals surface area (Å²) in [7, 11) is 1.52. The Balaban J connectivity index is 2.24. The lowest BCUT2D eigenvalue weighted by Crippen LogP contribution is -2.51. The third-order valence-corrected chi connectivity index (χ3v) is 3.50. The standard InChI is InChI=1S/C15H17ClN2O4/c1-9-12(14(19)22-7-6-21-2)13(18-15(20)17-9)10-4-3-5-11(16)8-10/h3-5,8,12-13H,1,6-7H2,2H3,(H2,17,18,20)/t12-,13+/m0/s1. The number of hydrogen-bond acceptors (Lipinski definition) is 4. The summed E-state index contributed by atoms with van der Waals surface area (Å²) in [5.74, 6) is -1.23. The maximum atomic E-state index is 12.3. The largest absolute Gasteiger partial charge is 0.463 e. The van der Waals surface area contributed by atoms with Gasteiger partial charge in [-0.3, -0.25) is 4.79 Å². The molecule has 2 atom stereocenters. The highest BCUT2D eigenvalue weighted by molar-refractivity contribution is 6.30. The smallest absolute Gasteiger partial charge is 0.319 e. The van der Waals surface area contributed by atoms with E-state index >= 15 is 0 Å². The fourth-order valence-corrected chi connectivity index (χ4v) is 2.45. The molecule has 6 nitrogen and oxygen atoms in total. The second-order valence-corrected chi connectivity index (χ2v) is 5.23. The molecule has 1 heterocycles. The molecule has 2 amide bonds. The first-order valence-electron chi connectivity index (χ1n) is 6.70. The molecule has 1 aromatic rings. The van der Waals surface area contributed by atoms with Gasteiger partial charge in [0.25, 0.3) is 0 Å². The van der Waals surface area contributed by atoms with Crippen LogP contribution in [0.3, 0.4) is 0 Å². The van der Waals surface area contributed by atoms with Crippen molar-refractivity contribution < 1.29 is 19.1 Å². The van der Waals surface area contributed by atoms with E-state index in [4.69, 9.17) is 21.1 Å². The van der Waals surface area contributed by atoms with Crippen molar-refractivity contribution in [3.8, 4) is 0 Å². The van der Waals surface area contributed by atoms with Crippen molar-refractivity contribution >= 4 is 23.6 Å². The van der Waals surface area contributed by atoms with Crippen LogP contribution in [0.25, 0.3) is 0 Å². The molecule has 1 aromatic carbocycles. The van der Waals surface area contributed by atoms with Gasteiger partial charge in [0.2, 0.25) is 0 Å². The van der Waals surface area contributed by atoms with Gasteiger partial charge in [0.15, 0.2) is 0 Å². The van der Waals surface area contributed by atoms with E-state index in [1.54, 1.807) is 24.3 Å².